The third-order valence-corrected chi connectivity index (χ3v) is 4.93. The second-order valence-corrected chi connectivity index (χ2v) is 6.72. The van der Waals surface area contributed by atoms with E-state index in [-0.39, 0.29) is 5.91 Å². The van der Waals surface area contributed by atoms with Crippen molar-refractivity contribution < 1.29 is 4.79 Å². The van der Waals surface area contributed by atoms with Gasteiger partial charge >= 0.3 is 0 Å². The number of benzene rings is 2. The first-order valence-corrected chi connectivity index (χ1v) is 8.79. The van der Waals surface area contributed by atoms with Crippen LogP contribution in [0.3, 0.4) is 0 Å². The van der Waals surface area contributed by atoms with Crippen molar-refractivity contribution in [3.8, 4) is 5.69 Å². The summed E-state index contributed by atoms with van der Waals surface area (Å²) in [6.45, 7) is 4.47. The molecule has 4 nitrogen and oxygen atoms in total. The van der Waals surface area contributed by atoms with Crippen molar-refractivity contribution in [1.29, 1.82) is 0 Å². The Morgan fingerprint density at radius 1 is 1.08 bits per heavy atom. The Morgan fingerprint density at radius 3 is 2.46 bits per heavy atom. The van der Waals surface area contributed by atoms with E-state index in [0.717, 1.165) is 26.2 Å². The summed E-state index contributed by atoms with van der Waals surface area (Å²) in [5.41, 5.74) is 4.75. The number of aryl methyl sites for hydroxylation is 1. The van der Waals surface area contributed by atoms with E-state index in [1.165, 1.54) is 0 Å². The number of carbonyl (C=O) groups excluding carboxylic acids is 1. The van der Waals surface area contributed by atoms with Gasteiger partial charge < -0.3 is 5.32 Å². The Hall–Kier alpha value is -2.15. The molecule has 0 aliphatic rings. The SMILES string of the molecule is Cc1nn(-c2ccccc2)c(C)c1CNC(=O)c1ccccc1I. The fourth-order valence-corrected chi connectivity index (χ4v) is 3.29. The van der Waals surface area contributed by atoms with E-state index in [1.807, 2.05) is 73.1 Å². The molecule has 0 unspecified atom stereocenters. The van der Waals surface area contributed by atoms with E-state index in [2.05, 4.69) is 33.0 Å². The molecule has 1 N–H and O–H groups in total. The van der Waals surface area contributed by atoms with E-state index in [4.69, 9.17) is 0 Å². The molecular formula is C19H18IN3O. The molecule has 5 heteroatoms. The molecule has 0 fully saturated rings. The molecule has 0 saturated heterocycles. The monoisotopic (exact) mass is 431 g/mol. The van der Waals surface area contributed by atoms with Crippen molar-refractivity contribution in [1.82, 2.24) is 15.1 Å². The maximum atomic E-state index is 12.4. The number of hydrogen-bond donors (Lipinski definition) is 1. The van der Waals surface area contributed by atoms with Crippen LogP contribution < -0.4 is 5.32 Å². The largest absolute Gasteiger partial charge is 0.348 e. The summed E-state index contributed by atoms with van der Waals surface area (Å²) in [5, 5.41) is 7.62. The lowest BCUT2D eigenvalue weighted by atomic mass is 10.1. The van der Waals surface area contributed by atoms with Gasteiger partial charge in [0.05, 0.1) is 16.9 Å². The summed E-state index contributed by atoms with van der Waals surface area (Å²) in [4.78, 5) is 12.4. The van der Waals surface area contributed by atoms with Gasteiger partial charge in [0, 0.05) is 21.4 Å². The van der Waals surface area contributed by atoms with Crippen molar-refractivity contribution in [3.05, 3.63) is 80.7 Å². The molecule has 0 spiro atoms. The third kappa shape index (κ3) is 3.36. The molecule has 0 aliphatic heterocycles. The lowest BCUT2D eigenvalue weighted by Gasteiger charge is -2.08. The summed E-state index contributed by atoms with van der Waals surface area (Å²) in [6, 6.07) is 17.6. The lowest BCUT2D eigenvalue weighted by molar-refractivity contribution is 0.0950. The molecule has 1 amide bonds. The molecule has 3 rings (SSSR count). The molecule has 0 saturated carbocycles. The zero-order valence-electron chi connectivity index (χ0n) is 13.6. The number of amides is 1. The minimum atomic E-state index is -0.0636. The van der Waals surface area contributed by atoms with Crippen molar-refractivity contribution in [2.24, 2.45) is 0 Å². The van der Waals surface area contributed by atoms with Gasteiger partial charge in [0.1, 0.15) is 0 Å². The molecule has 24 heavy (non-hydrogen) atoms. The topological polar surface area (TPSA) is 46.9 Å². The highest BCUT2D eigenvalue weighted by molar-refractivity contribution is 14.1. The Kier molecular flexibility index (Phi) is 4.99. The Morgan fingerprint density at radius 2 is 1.75 bits per heavy atom. The van der Waals surface area contributed by atoms with Crippen LogP contribution in [0.1, 0.15) is 27.3 Å². The number of halogens is 1. The maximum Gasteiger partial charge on any atom is 0.252 e. The fraction of sp³-hybridized carbons (Fsp3) is 0.158. The van der Waals surface area contributed by atoms with Crippen molar-refractivity contribution in [2.45, 2.75) is 20.4 Å². The minimum absolute atomic E-state index is 0.0636. The van der Waals surface area contributed by atoms with Gasteiger partial charge in [0.2, 0.25) is 0 Å². The molecule has 0 atom stereocenters. The zero-order chi connectivity index (χ0) is 17.1. The van der Waals surface area contributed by atoms with Gasteiger partial charge in [-0.2, -0.15) is 5.10 Å². The van der Waals surface area contributed by atoms with Crippen LogP contribution in [-0.4, -0.2) is 15.7 Å². The molecular weight excluding hydrogens is 413 g/mol. The second kappa shape index (κ2) is 7.17. The van der Waals surface area contributed by atoms with Gasteiger partial charge in [-0.3, -0.25) is 4.79 Å². The predicted molar refractivity (Wildman–Crippen MR) is 103 cm³/mol. The Labute approximate surface area is 155 Å². The number of hydrogen-bond acceptors (Lipinski definition) is 2. The van der Waals surface area contributed by atoms with Gasteiger partial charge in [-0.05, 0) is 60.7 Å². The highest BCUT2D eigenvalue weighted by Crippen LogP contribution is 2.18. The first-order chi connectivity index (χ1) is 11.6. The van der Waals surface area contributed by atoms with Crippen LogP contribution in [0.15, 0.2) is 54.6 Å². The van der Waals surface area contributed by atoms with Gasteiger partial charge in [-0.25, -0.2) is 4.68 Å². The standard InChI is InChI=1S/C19H18IN3O/c1-13-17(12-21-19(24)16-10-6-7-11-18(16)20)14(2)23(22-13)15-8-4-3-5-9-15/h3-11H,12H2,1-2H3,(H,21,24). The summed E-state index contributed by atoms with van der Waals surface area (Å²) < 4.78 is 2.87. The fourth-order valence-electron chi connectivity index (χ4n) is 2.66. The molecule has 2 aromatic carbocycles. The second-order valence-electron chi connectivity index (χ2n) is 5.56. The average molecular weight is 431 g/mol. The number of nitrogens with one attached hydrogen (secondary N) is 1. The Bertz CT molecular complexity index is 872. The summed E-state index contributed by atoms with van der Waals surface area (Å²) >= 11 is 2.18. The average Bonchev–Trinajstić information content (AvgIpc) is 2.88. The van der Waals surface area contributed by atoms with Crippen LogP contribution >= 0.6 is 22.6 Å². The van der Waals surface area contributed by atoms with E-state index in [1.54, 1.807) is 0 Å². The molecule has 122 valence electrons. The molecule has 1 heterocycles. The van der Waals surface area contributed by atoms with E-state index in [9.17, 15) is 4.79 Å². The number of para-hydroxylation sites is 1. The molecule has 0 radical (unpaired) electrons. The van der Waals surface area contributed by atoms with Crippen LogP contribution in [0.25, 0.3) is 5.69 Å². The van der Waals surface area contributed by atoms with Crippen LogP contribution in [0.2, 0.25) is 0 Å². The predicted octanol–water partition coefficient (Wildman–Crippen LogP) is 4.02. The summed E-state index contributed by atoms with van der Waals surface area (Å²) in [6.07, 6.45) is 0. The van der Waals surface area contributed by atoms with E-state index < -0.39 is 0 Å². The van der Waals surface area contributed by atoms with Crippen molar-refractivity contribution >= 4 is 28.5 Å². The lowest BCUT2D eigenvalue weighted by Crippen LogP contribution is -2.24. The highest BCUT2D eigenvalue weighted by Gasteiger charge is 2.15. The summed E-state index contributed by atoms with van der Waals surface area (Å²) in [5.74, 6) is -0.0636. The molecule has 1 aromatic heterocycles. The van der Waals surface area contributed by atoms with Crippen molar-refractivity contribution in [3.63, 3.8) is 0 Å². The van der Waals surface area contributed by atoms with Crippen molar-refractivity contribution in [2.75, 3.05) is 0 Å². The first kappa shape index (κ1) is 16.7. The van der Waals surface area contributed by atoms with Gasteiger partial charge in [-0.1, -0.05) is 30.3 Å². The van der Waals surface area contributed by atoms with Gasteiger partial charge in [0.15, 0.2) is 0 Å². The normalized spacial score (nSPS) is 10.6. The van der Waals surface area contributed by atoms with Crippen LogP contribution in [0.4, 0.5) is 0 Å². The number of rotatable bonds is 4. The van der Waals surface area contributed by atoms with E-state index in [0.29, 0.717) is 12.1 Å². The Balaban J connectivity index is 1.80. The first-order valence-electron chi connectivity index (χ1n) is 7.71. The molecule has 3 aromatic rings. The van der Waals surface area contributed by atoms with Gasteiger partial charge in [-0.15, -0.1) is 0 Å². The number of aromatic nitrogens is 2. The van der Waals surface area contributed by atoms with E-state index >= 15 is 0 Å². The number of carbonyl (C=O) groups is 1. The zero-order valence-corrected chi connectivity index (χ0v) is 15.7. The van der Waals surface area contributed by atoms with Gasteiger partial charge in [0.25, 0.3) is 5.91 Å². The molecule has 0 bridgehead atoms. The highest BCUT2D eigenvalue weighted by atomic mass is 127. The minimum Gasteiger partial charge on any atom is -0.348 e. The maximum absolute atomic E-state index is 12.4. The smallest absolute Gasteiger partial charge is 0.252 e. The molecule has 0 aliphatic carbocycles. The van der Waals surface area contributed by atoms with Crippen LogP contribution in [0.5, 0.6) is 0 Å². The van der Waals surface area contributed by atoms with Crippen LogP contribution in [-0.2, 0) is 6.54 Å². The quantitative estimate of drug-likeness (QED) is 0.635. The van der Waals surface area contributed by atoms with Crippen LogP contribution in [0, 0.1) is 17.4 Å². The number of nitrogens with zero attached hydrogens (tertiary/aromatic N) is 2. The summed E-state index contributed by atoms with van der Waals surface area (Å²) in [7, 11) is 0. The third-order valence-electron chi connectivity index (χ3n) is 3.99.